The molecule has 5 heteroatoms. The van der Waals surface area contributed by atoms with Gasteiger partial charge in [-0.05, 0) is 37.3 Å². The van der Waals surface area contributed by atoms with Gasteiger partial charge in [0.1, 0.15) is 5.82 Å². The van der Waals surface area contributed by atoms with Crippen LogP contribution in [0.3, 0.4) is 0 Å². The number of anilines is 1. The highest BCUT2D eigenvalue weighted by molar-refractivity contribution is 5.94. The number of nitrogens with one attached hydrogen (secondary N) is 1. The van der Waals surface area contributed by atoms with Crippen LogP contribution in [0, 0.1) is 5.82 Å². The van der Waals surface area contributed by atoms with Crippen molar-refractivity contribution in [2.75, 3.05) is 5.32 Å². The molecule has 2 rings (SSSR count). The highest BCUT2D eigenvalue weighted by Gasteiger charge is 2.14. The van der Waals surface area contributed by atoms with Crippen LogP contribution < -0.4 is 5.32 Å². The Kier molecular flexibility index (Phi) is 3.75. The highest BCUT2D eigenvalue weighted by Crippen LogP contribution is 2.22. The lowest BCUT2D eigenvalue weighted by molar-refractivity contribution is 0.0697. The maximum absolute atomic E-state index is 13.1. The van der Waals surface area contributed by atoms with Crippen LogP contribution in [-0.4, -0.2) is 16.1 Å². The van der Waals surface area contributed by atoms with Crippen molar-refractivity contribution < 1.29 is 14.3 Å². The van der Waals surface area contributed by atoms with Gasteiger partial charge in [-0.15, -0.1) is 0 Å². The second-order valence-corrected chi connectivity index (χ2v) is 4.12. The molecule has 0 aliphatic rings. The monoisotopic (exact) mass is 260 g/mol. The molecule has 1 unspecified atom stereocenters. The number of carboxylic acid groups (broad SMARTS) is 1. The third-order valence-corrected chi connectivity index (χ3v) is 2.72. The molecule has 0 aliphatic heterocycles. The van der Waals surface area contributed by atoms with Gasteiger partial charge in [0, 0.05) is 11.9 Å². The molecule has 1 aromatic carbocycles. The molecule has 1 atom stereocenters. The maximum atomic E-state index is 13.1. The average Bonchev–Trinajstić information content (AvgIpc) is 2.41. The van der Waals surface area contributed by atoms with Crippen molar-refractivity contribution >= 4 is 11.7 Å². The van der Waals surface area contributed by atoms with Gasteiger partial charge < -0.3 is 10.4 Å². The zero-order valence-corrected chi connectivity index (χ0v) is 10.3. The first-order valence-corrected chi connectivity index (χ1v) is 5.78. The summed E-state index contributed by atoms with van der Waals surface area (Å²) in [7, 11) is 0. The molecular weight excluding hydrogens is 247 g/mol. The fourth-order valence-corrected chi connectivity index (χ4v) is 1.76. The van der Waals surface area contributed by atoms with Gasteiger partial charge in [-0.1, -0.05) is 6.07 Å². The van der Waals surface area contributed by atoms with Gasteiger partial charge in [0.05, 0.1) is 17.3 Å². The number of carboxylic acids is 1. The summed E-state index contributed by atoms with van der Waals surface area (Å²) in [5, 5.41) is 12.1. The van der Waals surface area contributed by atoms with Crippen LogP contribution in [0.25, 0.3) is 0 Å². The van der Waals surface area contributed by atoms with Gasteiger partial charge >= 0.3 is 5.97 Å². The molecule has 0 saturated heterocycles. The summed E-state index contributed by atoms with van der Waals surface area (Å²) in [5.41, 5.74) is 1.05. The SMILES string of the molecule is CC(Nc1ccc(F)cc1C(=O)O)c1ccccn1. The molecule has 4 nitrogen and oxygen atoms in total. The summed E-state index contributed by atoms with van der Waals surface area (Å²) in [6, 6.07) is 8.94. The summed E-state index contributed by atoms with van der Waals surface area (Å²) in [5.74, 6) is -1.75. The predicted molar refractivity (Wildman–Crippen MR) is 69.6 cm³/mol. The molecule has 0 bridgehead atoms. The summed E-state index contributed by atoms with van der Waals surface area (Å²) >= 11 is 0. The standard InChI is InChI=1S/C14H13FN2O2/c1-9(12-4-2-3-7-16-12)17-13-6-5-10(15)8-11(13)14(18)19/h2-9,17H,1H3,(H,18,19). The van der Waals surface area contributed by atoms with E-state index in [0.29, 0.717) is 5.69 Å². The van der Waals surface area contributed by atoms with E-state index < -0.39 is 11.8 Å². The first-order valence-electron chi connectivity index (χ1n) is 5.78. The van der Waals surface area contributed by atoms with Crippen LogP contribution >= 0.6 is 0 Å². The smallest absolute Gasteiger partial charge is 0.337 e. The van der Waals surface area contributed by atoms with Gasteiger partial charge in [-0.2, -0.15) is 0 Å². The Morgan fingerprint density at radius 1 is 1.37 bits per heavy atom. The molecule has 0 fully saturated rings. The van der Waals surface area contributed by atoms with E-state index in [4.69, 9.17) is 5.11 Å². The Balaban J connectivity index is 2.26. The second kappa shape index (κ2) is 5.48. The van der Waals surface area contributed by atoms with Crippen LogP contribution in [0.15, 0.2) is 42.6 Å². The molecule has 98 valence electrons. The van der Waals surface area contributed by atoms with Gasteiger partial charge in [0.15, 0.2) is 0 Å². The summed E-state index contributed by atoms with van der Waals surface area (Å²) in [6.07, 6.45) is 1.66. The number of rotatable bonds is 4. The normalized spacial score (nSPS) is 11.9. The maximum Gasteiger partial charge on any atom is 0.337 e. The lowest BCUT2D eigenvalue weighted by Crippen LogP contribution is -2.12. The van der Waals surface area contributed by atoms with Crippen LogP contribution in [0.2, 0.25) is 0 Å². The number of aromatic carboxylic acids is 1. The number of aromatic nitrogens is 1. The van der Waals surface area contributed by atoms with E-state index in [1.54, 1.807) is 12.3 Å². The zero-order chi connectivity index (χ0) is 13.8. The minimum atomic E-state index is -1.17. The Hall–Kier alpha value is -2.43. The van der Waals surface area contributed by atoms with E-state index in [2.05, 4.69) is 10.3 Å². The summed E-state index contributed by atoms with van der Waals surface area (Å²) in [6.45, 7) is 1.86. The molecule has 1 aromatic heterocycles. The number of pyridine rings is 1. The molecule has 1 heterocycles. The van der Waals surface area contributed by atoms with Gasteiger partial charge in [-0.25, -0.2) is 9.18 Å². The first-order chi connectivity index (χ1) is 9.08. The van der Waals surface area contributed by atoms with E-state index in [9.17, 15) is 9.18 Å². The quantitative estimate of drug-likeness (QED) is 0.886. The van der Waals surface area contributed by atoms with Crippen molar-refractivity contribution in [1.29, 1.82) is 0 Å². The molecule has 0 saturated carbocycles. The number of benzene rings is 1. The topological polar surface area (TPSA) is 62.2 Å². The molecule has 0 aliphatic carbocycles. The van der Waals surface area contributed by atoms with E-state index >= 15 is 0 Å². The molecule has 19 heavy (non-hydrogen) atoms. The van der Waals surface area contributed by atoms with Crippen molar-refractivity contribution in [3.63, 3.8) is 0 Å². The van der Waals surface area contributed by atoms with Gasteiger partial charge in [0.25, 0.3) is 0 Å². The van der Waals surface area contributed by atoms with E-state index in [-0.39, 0.29) is 11.6 Å². The summed E-state index contributed by atoms with van der Waals surface area (Å²) in [4.78, 5) is 15.3. The largest absolute Gasteiger partial charge is 0.478 e. The molecule has 0 amide bonds. The van der Waals surface area contributed by atoms with E-state index in [1.807, 2.05) is 19.1 Å². The number of carbonyl (C=O) groups is 1. The molecular formula is C14H13FN2O2. The first kappa shape index (κ1) is 13.0. The highest BCUT2D eigenvalue weighted by atomic mass is 19.1. The fraction of sp³-hybridized carbons (Fsp3) is 0.143. The molecule has 0 spiro atoms. The minimum Gasteiger partial charge on any atom is -0.478 e. The summed E-state index contributed by atoms with van der Waals surface area (Å²) < 4.78 is 13.1. The van der Waals surface area contributed by atoms with Gasteiger partial charge in [-0.3, -0.25) is 4.98 Å². The minimum absolute atomic E-state index is 0.0946. The number of hydrogen-bond donors (Lipinski definition) is 2. The predicted octanol–water partition coefficient (Wildman–Crippen LogP) is 3.09. The molecule has 2 aromatic rings. The molecule has 2 N–H and O–H groups in total. The second-order valence-electron chi connectivity index (χ2n) is 4.12. The van der Waals surface area contributed by atoms with Crippen molar-refractivity contribution in [1.82, 2.24) is 4.98 Å². The number of halogens is 1. The van der Waals surface area contributed by atoms with Crippen molar-refractivity contribution in [3.8, 4) is 0 Å². The average molecular weight is 260 g/mol. The van der Waals surface area contributed by atoms with Crippen LogP contribution in [0.4, 0.5) is 10.1 Å². The van der Waals surface area contributed by atoms with Crippen LogP contribution in [0.5, 0.6) is 0 Å². The Morgan fingerprint density at radius 2 is 2.16 bits per heavy atom. The van der Waals surface area contributed by atoms with Gasteiger partial charge in [0.2, 0.25) is 0 Å². The third kappa shape index (κ3) is 3.07. The van der Waals surface area contributed by atoms with E-state index in [1.165, 1.54) is 12.1 Å². The van der Waals surface area contributed by atoms with Crippen molar-refractivity contribution in [3.05, 3.63) is 59.7 Å². The Labute approximate surface area is 109 Å². The van der Waals surface area contributed by atoms with Crippen LogP contribution in [0.1, 0.15) is 29.0 Å². The zero-order valence-electron chi connectivity index (χ0n) is 10.3. The number of nitrogens with zero attached hydrogens (tertiary/aromatic N) is 1. The van der Waals surface area contributed by atoms with Crippen molar-refractivity contribution in [2.24, 2.45) is 0 Å². The van der Waals surface area contributed by atoms with E-state index in [0.717, 1.165) is 11.8 Å². The van der Waals surface area contributed by atoms with Crippen LogP contribution in [-0.2, 0) is 0 Å². The Bertz CT molecular complexity index is 587. The third-order valence-electron chi connectivity index (χ3n) is 2.72. The lowest BCUT2D eigenvalue weighted by Gasteiger charge is -2.16. The van der Waals surface area contributed by atoms with Crippen molar-refractivity contribution in [2.45, 2.75) is 13.0 Å². The lowest BCUT2D eigenvalue weighted by atomic mass is 10.1. The number of hydrogen-bond acceptors (Lipinski definition) is 3. The Morgan fingerprint density at radius 3 is 2.79 bits per heavy atom. The fourth-order valence-electron chi connectivity index (χ4n) is 1.76. The molecule has 0 radical (unpaired) electrons.